The van der Waals surface area contributed by atoms with Crippen LogP contribution in [0.2, 0.25) is 0 Å². The molecule has 1 saturated carbocycles. The third-order valence-electron chi connectivity index (χ3n) is 6.47. The number of ether oxygens (including phenoxy) is 1. The lowest BCUT2D eigenvalue weighted by molar-refractivity contribution is -0.136. The molecular weight excluding hydrogens is 354 g/mol. The molecule has 2 aliphatic heterocycles. The van der Waals surface area contributed by atoms with Crippen molar-refractivity contribution >= 4 is 11.9 Å². The number of rotatable bonds is 3. The van der Waals surface area contributed by atoms with Crippen molar-refractivity contribution in [1.29, 1.82) is 0 Å². The summed E-state index contributed by atoms with van der Waals surface area (Å²) in [5.74, 6) is 0.909. The standard InChI is InChI=1S/C22H31N3O3/c1-28-19-10-9-16-11-13-24(15-17(16)14-19)21(26)20-8-5-12-25(20)22(27)23-18-6-3-2-4-7-18/h9-10,14,18,20H,2-8,11-13,15H2,1H3,(H,23,27). The van der Waals surface area contributed by atoms with Crippen LogP contribution in [0, 0.1) is 0 Å². The number of nitrogens with zero attached hydrogens (tertiary/aromatic N) is 2. The predicted octanol–water partition coefficient (Wildman–Crippen LogP) is 3.09. The summed E-state index contributed by atoms with van der Waals surface area (Å²) in [6.07, 6.45) is 8.26. The molecule has 1 aromatic rings. The summed E-state index contributed by atoms with van der Waals surface area (Å²) in [4.78, 5) is 29.8. The normalized spacial score (nSPS) is 22.7. The maximum absolute atomic E-state index is 13.2. The van der Waals surface area contributed by atoms with E-state index in [4.69, 9.17) is 4.74 Å². The summed E-state index contributed by atoms with van der Waals surface area (Å²) in [7, 11) is 1.66. The highest BCUT2D eigenvalue weighted by molar-refractivity contribution is 5.88. The fraction of sp³-hybridized carbons (Fsp3) is 0.636. The molecule has 1 atom stereocenters. The topological polar surface area (TPSA) is 61.9 Å². The molecule has 3 amide bonds. The van der Waals surface area contributed by atoms with Crippen LogP contribution < -0.4 is 10.1 Å². The van der Waals surface area contributed by atoms with Gasteiger partial charge in [0.25, 0.3) is 0 Å². The lowest BCUT2D eigenvalue weighted by Gasteiger charge is -2.34. The first kappa shape index (κ1) is 19.1. The Bertz CT molecular complexity index is 730. The summed E-state index contributed by atoms with van der Waals surface area (Å²) >= 11 is 0. The Morgan fingerprint density at radius 1 is 1.04 bits per heavy atom. The summed E-state index contributed by atoms with van der Waals surface area (Å²) in [5.41, 5.74) is 2.43. The maximum Gasteiger partial charge on any atom is 0.318 e. The van der Waals surface area contributed by atoms with Crippen molar-refractivity contribution in [2.24, 2.45) is 0 Å². The number of fused-ring (bicyclic) bond motifs is 1. The van der Waals surface area contributed by atoms with E-state index in [1.165, 1.54) is 24.8 Å². The number of benzene rings is 1. The Labute approximate surface area is 167 Å². The molecule has 28 heavy (non-hydrogen) atoms. The van der Waals surface area contributed by atoms with Gasteiger partial charge in [-0.2, -0.15) is 0 Å². The van der Waals surface area contributed by atoms with Gasteiger partial charge in [-0.15, -0.1) is 0 Å². The number of likely N-dealkylation sites (tertiary alicyclic amines) is 1. The van der Waals surface area contributed by atoms with Gasteiger partial charge in [0.05, 0.1) is 7.11 Å². The minimum atomic E-state index is -0.323. The van der Waals surface area contributed by atoms with Gasteiger partial charge in [-0.05, 0) is 55.4 Å². The number of urea groups is 1. The van der Waals surface area contributed by atoms with Gasteiger partial charge in [-0.3, -0.25) is 4.79 Å². The molecule has 4 rings (SSSR count). The third-order valence-corrected chi connectivity index (χ3v) is 6.47. The van der Waals surface area contributed by atoms with Crippen molar-refractivity contribution in [3.63, 3.8) is 0 Å². The average Bonchev–Trinajstić information content (AvgIpc) is 3.23. The Hall–Kier alpha value is -2.24. The summed E-state index contributed by atoms with van der Waals surface area (Å²) in [5, 5.41) is 3.18. The fourth-order valence-electron chi connectivity index (χ4n) is 4.83. The highest BCUT2D eigenvalue weighted by Crippen LogP contribution is 2.27. The van der Waals surface area contributed by atoms with E-state index >= 15 is 0 Å². The van der Waals surface area contributed by atoms with Crippen LogP contribution in [-0.2, 0) is 17.8 Å². The molecule has 0 aromatic heterocycles. The lowest BCUT2D eigenvalue weighted by Crippen LogP contribution is -2.53. The quantitative estimate of drug-likeness (QED) is 0.870. The number of methoxy groups -OCH3 is 1. The number of nitrogens with one attached hydrogen (secondary N) is 1. The van der Waals surface area contributed by atoms with E-state index in [0.717, 1.165) is 43.4 Å². The molecule has 1 aromatic carbocycles. The molecule has 6 nitrogen and oxygen atoms in total. The van der Waals surface area contributed by atoms with Gasteiger partial charge in [-0.25, -0.2) is 4.79 Å². The molecule has 1 saturated heterocycles. The van der Waals surface area contributed by atoms with Gasteiger partial charge in [0.1, 0.15) is 11.8 Å². The van der Waals surface area contributed by atoms with Gasteiger partial charge in [0, 0.05) is 25.7 Å². The molecular formula is C22H31N3O3. The second-order valence-corrected chi connectivity index (χ2v) is 8.28. The van der Waals surface area contributed by atoms with E-state index in [1.54, 1.807) is 12.0 Å². The van der Waals surface area contributed by atoms with Crippen molar-refractivity contribution < 1.29 is 14.3 Å². The molecule has 0 spiro atoms. The number of hydrogen-bond donors (Lipinski definition) is 1. The van der Waals surface area contributed by atoms with Crippen molar-refractivity contribution in [1.82, 2.24) is 15.1 Å². The first-order valence-corrected chi connectivity index (χ1v) is 10.7. The second-order valence-electron chi connectivity index (χ2n) is 8.28. The van der Waals surface area contributed by atoms with E-state index in [2.05, 4.69) is 11.4 Å². The van der Waals surface area contributed by atoms with Crippen LogP contribution >= 0.6 is 0 Å². The van der Waals surface area contributed by atoms with Gasteiger partial charge >= 0.3 is 6.03 Å². The molecule has 1 N–H and O–H groups in total. The lowest BCUT2D eigenvalue weighted by atomic mass is 9.96. The molecule has 1 aliphatic carbocycles. The minimum absolute atomic E-state index is 0.0539. The SMILES string of the molecule is COc1ccc2c(c1)CN(C(=O)C1CCCN1C(=O)NC1CCCCC1)CC2. The van der Waals surface area contributed by atoms with Crippen LogP contribution in [0.25, 0.3) is 0 Å². The van der Waals surface area contributed by atoms with Gasteiger partial charge < -0.3 is 19.9 Å². The van der Waals surface area contributed by atoms with Crippen molar-refractivity contribution in [2.75, 3.05) is 20.2 Å². The Morgan fingerprint density at radius 3 is 2.64 bits per heavy atom. The largest absolute Gasteiger partial charge is 0.497 e. The third kappa shape index (κ3) is 3.96. The zero-order chi connectivity index (χ0) is 19.5. The first-order valence-electron chi connectivity index (χ1n) is 10.7. The van der Waals surface area contributed by atoms with E-state index in [1.807, 2.05) is 17.0 Å². The van der Waals surface area contributed by atoms with Crippen LogP contribution in [0.4, 0.5) is 4.79 Å². The Morgan fingerprint density at radius 2 is 1.86 bits per heavy atom. The van der Waals surface area contributed by atoms with Crippen molar-refractivity contribution in [2.45, 2.75) is 70.0 Å². The predicted molar refractivity (Wildman–Crippen MR) is 107 cm³/mol. The summed E-state index contributed by atoms with van der Waals surface area (Å²) in [6, 6.07) is 5.99. The maximum atomic E-state index is 13.2. The molecule has 2 heterocycles. The zero-order valence-electron chi connectivity index (χ0n) is 16.8. The molecule has 0 radical (unpaired) electrons. The van der Waals surface area contributed by atoms with Gasteiger partial charge in [-0.1, -0.05) is 25.3 Å². The minimum Gasteiger partial charge on any atom is -0.497 e. The molecule has 0 bridgehead atoms. The molecule has 2 fully saturated rings. The van der Waals surface area contributed by atoms with E-state index in [9.17, 15) is 9.59 Å². The second kappa shape index (κ2) is 8.41. The van der Waals surface area contributed by atoms with Crippen LogP contribution in [-0.4, -0.2) is 54.0 Å². The van der Waals surface area contributed by atoms with Crippen molar-refractivity contribution in [3.05, 3.63) is 29.3 Å². The van der Waals surface area contributed by atoms with Crippen LogP contribution in [0.5, 0.6) is 5.75 Å². The van der Waals surface area contributed by atoms with Gasteiger partial charge in [0.15, 0.2) is 0 Å². The number of hydrogen-bond acceptors (Lipinski definition) is 3. The smallest absolute Gasteiger partial charge is 0.318 e. The number of carbonyl (C=O) groups excluding carboxylic acids is 2. The van der Waals surface area contributed by atoms with Gasteiger partial charge in [0.2, 0.25) is 5.91 Å². The van der Waals surface area contributed by atoms with Crippen LogP contribution in [0.1, 0.15) is 56.1 Å². The monoisotopic (exact) mass is 385 g/mol. The van der Waals surface area contributed by atoms with E-state index in [-0.39, 0.29) is 24.0 Å². The fourth-order valence-corrected chi connectivity index (χ4v) is 4.83. The van der Waals surface area contributed by atoms with Crippen LogP contribution in [0.3, 0.4) is 0 Å². The highest BCUT2D eigenvalue weighted by atomic mass is 16.5. The number of amides is 3. The Balaban J connectivity index is 1.41. The molecule has 3 aliphatic rings. The van der Waals surface area contributed by atoms with Crippen LogP contribution in [0.15, 0.2) is 18.2 Å². The van der Waals surface area contributed by atoms with Crippen molar-refractivity contribution in [3.8, 4) is 5.75 Å². The molecule has 1 unspecified atom stereocenters. The molecule has 6 heteroatoms. The van der Waals surface area contributed by atoms with E-state index < -0.39 is 0 Å². The Kier molecular flexibility index (Phi) is 5.74. The summed E-state index contributed by atoms with van der Waals surface area (Å²) < 4.78 is 5.33. The zero-order valence-corrected chi connectivity index (χ0v) is 16.8. The summed E-state index contributed by atoms with van der Waals surface area (Å²) in [6.45, 7) is 1.99. The average molecular weight is 386 g/mol. The highest BCUT2D eigenvalue weighted by Gasteiger charge is 2.38. The molecule has 152 valence electrons. The van der Waals surface area contributed by atoms with E-state index in [0.29, 0.717) is 19.6 Å². The number of carbonyl (C=O) groups is 2. The first-order chi connectivity index (χ1) is 13.7.